The van der Waals surface area contributed by atoms with Crippen molar-refractivity contribution < 1.29 is 5.11 Å². The Morgan fingerprint density at radius 3 is 2.54 bits per heavy atom. The van der Waals surface area contributed by atoms with Crippen molar-refractivity contribution in [3.63, 3.8) is 0 Å². The van der Waals surface area contributed by atoms with Gasteiger partial charge in [-0.05, 0) is 16.3 Å². The summed E-state index contributed by atoms with van der Waals surface area (Å²) in [6.07, 6.45) is 0.616. The molecule has 0 fully saturated rings. The Balaban J connectivity index is 2.49. The van der Waals surface area contributed by atoms with Gasteiger partial charge in [-0.2, -0.15) is 0 Å². The smallest absolute Gasteiger partial charge is 0.0842 e. The van der Waals surface area contributed by atoms with Gasteiger partial charge in [-0.15, -0.1) is 0 Å². The molecule has 1 radical (unpaired) electrons. The first-order valence-electron chi connectivity index (χ1n) is 4.34. The Hall–Kier alpha value is -1.34. The fourth-order valence-electron chi connectivity index (χ4n) is 1.47. The number of aliphatic hydroxyl groups is 1. The first-order valence-corrected chi connectivity index (χ1v) is 4.34. The lowest BCUT2D eigenvalue weighted by Gasteiger charge is -2.00. The average Bonchev–Trinajstić information content (AvgIpc) is 2.18. The zero-order valence-corrected chi connectivity index (χ0v) is 7.27. The maximum Gasteiger partial charge on any atom is 0.0842 e. The highest BCUT2D eigenvalue weighted by Crippen LogP contribution is 2.15. The molecule has 0 aliphatic heterocycles. The summed E-state index contributed by atoms with van der Waals surface area (Å²) in [6, 6.07) is 14.4. The van der Waals surface area contributed by atoms with Crippen molar-refractivity contribution in [1.29, 1.82) is 0 Å². The lowest BCUT2D eigenvalue weighted by molar-refractivity contribution is 0.385. The van der Waals surface area contributed by atoms with Gasteiger partial charge in [0.25, 0.3) is 0 Å². The summed E-state index contributed by atoms with van der Waals surface area (Å²) in [4.78, 5) is 0. The molecule has 1 N–H and O–H groups in total. The maximum absolute atomic E-state index is 8.67. The van der Waals surface area contributed by atoms with Gasteiger partial charge in [0.1, 0.15) is 0 Å². The molecule has 2 aromatic carbocycles. The van der Waals surface area contributed by atoms with Crippen molar-refractivity contribution in [2.75, 3.05) is 0 Å². The van der Waals surface area contributed by atoms with Gasteiger partial charge < -0.3 is 5.11 Å². The molecule has 65 valence electrons. The molecule has 0 aliphatic carbocycles. The molecule has 0 unspecified atom stereocenters. The van der Waals surface area contributed by atoms with Crippen LogP contribution in [0.25, 0.3) is 10.8 Å². The Morgan fingerprint density at radius 1 is 1.00 bits per heavy atom. The zero-order valence-electron chi connectivity index (χ0n) is 7.27. The molecule has 0 amide bonds. The summed E-state index contributed by atoms with van der Waals surface area (Å²) in [5.74, 6) is 0. The Labute approximate surface area is 77.6 Å². The van der Waals surface area contributed by atoms with Crippen molar-refractivity contribution in [2.45, 2.75) is 6.42 Å². The van der Waals surface area contributed by atoms with Gasteiger partial charge in [-0.1, -0.05) is 42.5 Å². The number of aliphatic hydroxyl groups excluding tert-OH is 1. The third-order valence-electron chi connectivity index (χ3n) is 2.14. The topological polar surface area (TPSA) is 20.2 Å². The van der Waals surface area contributed by atoms with Gasteiger partial charge in [0.05, 0.1) is 6.61 Å². The molecule has 13 heavy (non-hydrogen) atoms. The summed E-state index contributed by atoms with van der Waals surface area (Å²) in [7, 11) is 0. The molecule has 0 bridgehead atoms. The van der Waals surface area contributed by atoms with Crippen LogP contribution in [0, 0.1) is 6.61 Å². The minimum atomic E-state index is 0.616. The molecule has 0 aliphatic rings. The molecule has 0 saturated heterocycles. The minimum absolute atomic E-state index is 0.616. The van der Waals surface area contributed by atoms with E-state index in [1.165, 1.54) is 17.4 Å². The summed E-state index contributed by atoms with van der Waals surface area (Å²) >= 11 is 0. The van der Waals surface area contributed by atoms with Gasteiger partial charge >= 0.3 is 0 Å². The number of fused-ring (bicyclic) bond motifs is 1. The highest BCUT2D eigenvalue weighted by Gasteiger charge is 1.94. The Bertz CT molecular complexity index is 407. The molecule has 2 aromatic rings. The Morgan fingerprint density at radius 2 is 1.77 bits per heavy atom. The summed E-state index contributed by atoms with van der Waals surface area (Å²) < 4.78 is 0. The quantitative estimate of drug-likeness (QED) is 0.736. The van der Waals surface area contributed by atoms with Gasteiger partial charge in [0.15, 0.2) is 0 Å². The van der Waals surface area contributed by atoms with E-state index in [0.29, 0.717) is 6.42 Å². The third-order valence-corrected chi connectivity index (χ3v) is 2.14. The van der Waals surface area contributed by atoms with E-state index in [4.69, 9.17) is 5.11 Å². The second kappa shape index (κ2) is 3.58. The number of hydrogen-bond donors (Lipinski definition) is 1. The number of hydrogen-bond acceptors (Lipinski definition) is 1. The molecule has 0 aromatic heterocycles. The molecule has 0 heterocycles. The highest BCUT2D eigenvalue weighted by atomic mass is 16.2. The van der Waals surface area contributed by atoms with Crippen LogP contribution in [0.5, 0.6) is 0 Å². The van der Waals surface area contributed by atoms with E-state index >= 15 is 0 Å². The molecule has 2 rings (SSSR count). The van der Waals surface area contributed by atoms with Crippen molar-refractivity contribution in [3.05, 3.63) is 54.6 Å². The van der Waals surface area contributed by atoms with Gasteiger partial charge in [-0.25, -0.2) is 0 Å². The highest BCUT2D eigenvalue weighted by molar-refractivity contribution is 5.82. The van der Waals surface area contributed by atoms with Gasteiger partial charge in [-0.3, -0.25) is 0 Å². The molecule has 1 heteroatoms. The number of benzene rings is 2. The normalized spacial score (nSPS) is 10.5. The summed E-state index contributed by atoms with van der Waals surface area (Å²) in [5.41, 5.74) is 1.14. The van der Waals surface area contributed by atoms with Crippen LogP contribution in [0.15, 0.2) is 42.5 Å². The zero-order chi connectivity index (χ0) is 9.10. The van der Waals surface area contributed by atoms with Crippen molar-refractivity contribution in [3.8, 4) is 0 Å². The van der Waals surface area contributed by atoms with Crippen LogP contribution in [0.2, 0.25) is 0 Å². The molecule has 0 spiro atoms. The third kappa shape index (κ3) is 1.70. The second-order valence-corrected chi connectivity index (χ2v) is 3.07. The van der Waals surface area contributed by atoms with Crippen LogP contribution >= 0.6 is 0 Å². The van der Waals surface area contributed by atoms with Crippen LogP contribution in [0.4, 0.5) is 0 Å². The maximum atomic E-state index is 8.67. The molecule has 0 atom stereocenters. The second-order valence-electron chi connectivity index (χ2n) is 3.07. The fourth-order valence-corrected chi connectivity index (χ4v) is 1.47. The first kappa shape index (κ1) is 8.27. The van der Waals surface area contributed by atoms with Crippen LogP contribution < -0.4 is 0 Å². The van der Waals surface area contributed by atoms with E-state index in [1.807, 2.05) is 18.2 Å². The standard InChI is InChI=1S/C12H11O/c13-8-7-10-5-6-11-3-1-2-4-12(11)9-10/h1-6,8-9,13H,7H2. The largest absolute Gasteiger partial charge is 0.390 e. The van der Waals surface area contributed by atoms with Crippen molar-refractivity contribution in [2.24, 2.45) is 0 Å². The summed E-state index contributed by atoms with van der Waals surface area (Å²) in [5, 5.41) is 11.1. The monoisotopic (exact) mass is 171 g/mol. The van der Waals surface area contributed by atoms with Crippen molar-refractivity contribution in [1.82, 2.24) is 0 Å². The summed E-state index contributed by atoms with van der Waals surface area (Å²) in [6.45, 7) is 1.18. The van der Waals surface area contributed by atoms with E-state index in [0.717, 1.165) is 5.56 Å². The van der Waals surface area contributed by atoms with Crippen LogP contribution in [-0.2, 0) is 6.42 Å². The lowest BCUT2D eigenvalue weighted by atomic mass is 10.1. The van der Waals surface area contributed by atoms with E-state index in [-0.39, 0.29) is 0 Å². The Kier molecular flexibility index (Phi) is 2.28. The molecule has 0 saturated carbocycles. The number of rotatable bonds is 2. The van der Waals surface area contributed by atoms with E-state index in [2.05, 4.69) is 24.3 Å². The molecular formula is C12H11O. The predicted molar refractivity (Wildman–Crippen MR) is 53.9 cm³/mol. The molecule has 1 nitrogen and oxygen atoms in total. The van der Waals surface area contributed by atoms with Crippen molar-refractivity contribution >= 4 is 10.8 Å². The fraction of sp³-hybridized carbons (Fsp3) is 0.0833. The van der Waals surface area contributed by atoms with E-state index < -0.39 is 0 Å². The SMILES string of the molecule is O[CH]Cc1ccc2ccccc2c1. The minimum Gasteiger partial charge on any atom is -0.390 e. The van der Waals surface area contributed by atoms with E-state index in [9.17, 15) is 0 Å². The average molecular weight is 171 g/mol. The van der Waals surface area contributed by atoms with Gasteiger partial charge in [0.2, 0.25) is 0 Å². The van der Waals surface area contributed by atoms with Gasteiger partial charge in [0, 0.05) is 6.42 Å². The van der Waals surface area contributed by atoms with Crippen LogP contribution in [0.3, 0.4) is 0 Å². The molecular weight excluding hydrogens is 160 g/mol. The predicted octanol–water partition coefficient (Wildman–Crippen LogP) is 2.92. The lowest BCUT2D eigenvalue weighted by Crippen LogP contribution is -1.84. The van der Waals surface area contributed by atoms with Crippen LogP contribution in [-0.4, -0.2) is 5.11 Å². The van der Waals surface area contributed by atoms with Crippen LogP contribution in [0.1, 0.15) is 5.56 Å². The first-order chi connectivity index (χ1) is 6.40. The van der Waals surface area contributed by atoms with E-state index in [1.54, 1.807) is 0 Å².